The van der Waals surface area contributed by atoms with E-state index in [1.807, 2.05) is 36.7 Å². The Hall–Kier alpha value is -1.84. The summed E-state index contributed by atoms with van der Waals surface area (Å²) >= 11 is 0. The maximum atomic E-state index is 5.77. The molecule has 0 fully saturated rings. The fourth-order valence-corrected chi connectivity index (χ4v) is 1.86. The van der Waals surface area contributed by atoms with Crippen LogP contribution in [0.1, 0.15) is 30.2 Å². The first-order chi connectivity index (χ1) is 7.58. The molecule has 1 aromatic heterocycles. The van der Waals surface area contributed by atoms with Crippen molar-refractivity contribution in [3.8, 4) is 0 Å². The zero-order valence-electron chi connectivity index (χ0n) is 9.81. The quantitative estimate of drug-likeness (QED) is 0.782. The molecule has 0 aliphatic heterocycles. The average molecular weight is 216 g/mol. The molecule has 0 aliphatic rings. The highest BCUT2D eigenvalue weighted by molar-refractivity contribution is 5.41. The van der Waals surface area contributed by atoms with Gasteiger partial charge in [-0.25, -0.2) is 9.67 Å². The lowest BCUT2D eigenvalue weighted by Gasteiger charge is -2.14. The Morgan fingerprint density at radius 2 is 2.06 bits per heavy atom. The Balaban J connectivity index is 2.38. The van der Waals surface area contributed by atoms with E-state index in [2.05, 4.69) is 23.1 Å². The highest BCUT2D eigenvalue weighted by atomic mass is 15.4. The van der Waals surface area contributed by atoms with Crippen LogP contribution in [-0.4, -0.2) is 14.8 Å². The van der Waals surface area contributed by atoms with E-state index in [1.54, 1.807) is 0 Å². The summed E-state index contributed by atoms with van der Waals surface area (Å²) in [5.74, 6) is 1.72. The van der Waals surface area contributed by atoms with Crippen molar-refractivity contribution in [2.24, 2.45) is 0 Å². The predicted molar refractivity (Wildman–Crippen MR) is 64.2 cm³/mol. The number of anilines is 1. The molecule has 0 amide bonds. The van der Waals surface area contributed by atoms with E-state index in [-0.39, 0.29) is 6.04 Å². The van der Waals surface area contributed by atoms with Gasteiger partial charge in [0.2, 0.25) is 0 Å². The van der Waals surface area contributed by atoms with Crippen LogP contribution in [0.5, 0.6) is 0 Å². The van der Waals surface area contributed by atoms with Gasteiger partial charge in [0.05, 0.1) is 6.04 Å². The molecule has 0 saturated carbocycles. The molecule has 0 aliphatic carbocycles. The first-order valence-electron chi connectivity index (χ1n) is 5.33. The minimum atomic E-state index is 0.157. The van der Waals surface area contributed by atoms with Crippen molar-refractivity contribution in [1.82, 2.24) is 14.8 Å². The Labute approximate surface area is 95.1 Å². The van der Waals surface area contributed by atoms with Gasteiger partial charge in [0.15, 0.2) is 0 Å². The summed E-state index contributed by atoms with van der Waals surface area (Å²) in [6.45, 7) is 5.95. The molecule has 0 bridgehead atoms. The fourth-order valence-electron chi connectivity index (χ4n) is 1.86. The van der Waals surface area contributed by atoms with Crippen molar-refractivity contribution >= 4 is 5.69 Å². The molecule has 2 rings (SSSR count). The molecule has 0 radical (unpaired) electrons. The van der Waals surface area contributed by atoms with Gasteiger partial charge in [-0.3, -0.25) is 0 Å². The highest BCUT2D eigenvalue weighted by Gasteiger charge is 2.12. The number of rotatable bonds is 2. The van der Waals surface area contributed by atoms with Crippen molar-refractivity contribution in [3.63, 3.8) is 0 Å². The summed E-state index contributed by atoms with van der Waals surface area (Å²) in [5.41, 5.74) is 7.70. The van der Waals surface area contributed by atoms with E-state index in [9.17, 15) is 0 Å². The van der Waals surface area contributed by atoms with Gasteiger partial charge in [-0.05, 0) is 38.5 Å². The van der Waals surface area contributed by atoms with Crippen LogP contribution < -0.4 is 5.73 Å². The zero-order valence-corrected chi connectivity index (χ0v) is 9.81. The summed E-state index contributed by atoms with van der Waals surface area (Å²) in [4.78, 5) is 4.30. The van der Waals surface area contributed by atoms with Crippen LogP contribution in [-0.2, 0) is 0 Å². The van der Waals surface area contributed by atoms with Gasteiger partial charge in [-0.15, -0.1) is 0 Å². The number of aryl methyl sites for hydroxylation is 2. The third-order valence-electron chi connectivity index (χ3n) is 2.67. The minimum Gasteiger partial charge on any atom is -0.399 e. The smallest absolute Gasteiger partial charge is 0.147 e. The van der Waals surface area contributed by atoms with Gasteiger partial charge < -0.3 is 5.73 Å². The lowest BCUT2D eigenvalue weighted by atomic mass is 10.1. The summed E-state index contributed by atoms with van der Waals surface area (Å²) in [6, 6.07) is 8.03. The fraction of sp³-hybridized carbons (Fsp3) is 0.333. The van der Waals surface area contributed by atoms with Crippen molar-refractivity contribution in [1.29, 1.82) is 0 Å². The Bertz CT molecular complexity index is 501. The lowest BCUT2D eigenvalue weighted by Crippen LogP contribution is -2.10. The molecule has 0 saturated heterocycles. The summed E-state index contributed by atoms with van der Waals surface area (Å²) in [7, 11) is 0. The molecule has 1 unspecified atom stereocenters. The van der Waals surface area contributed by atoms with Crippen LogP contribution in [0, 0.1) is 13.8 Å². The van der Waals surface area contributed by atoms with Crippen molar-refractivity contribution in [2.75, 3.05) is 5.73 Å². The predicted octanol–water partition coefficient (Wildman–Crippen LogP) is 2.09. The second-order valence-electron chi connectivity index (χ2n) is 4.00. The maximum Gasteiger partial charge on any atom is 0.147 e. The SMILES string of the molecule is Cc1nc(C)n(C(C)c2cccc(N)c2)n1. The van der Waals surface area contributed by atoms with E-state index in [0.717, 1.165) is 22.9 Å². The van der Waals surface area contributed by atoms with Crippen molar-refractivity contribution in [2.45, 2.75) is 26.8 Å². The summed E-state index contributed by atoms with van der Waals surface area (Å²) in [5, 5.41) is 4.38. The molecular weight excluding hydrogens is 200 g/mol. The largest absolute Gasteiger partial charge is 0.399 e. The van der Waals surface area contributed by atoms with Crippen molar-refractivity contribution in [3.05, 3.63) is 41.5 Å². The van der Waals surface area contributed by atoms with Crippen LogP contribution in [0.4, 0.5) is 5.69 Å². The number of hydrogen-bond acceptors (Lipinski definition) is 3. The molecule has 1 atom stereocenters. The molecule has 4 nitrogen and oxygen atoms in total. The number of nitrogens with two attached hydrogens (primary N) is 1. The number of nitrogen functional groups attached to an aromatic ring is 1. The summed E-state index contributed by atoms with van der Waals surface area (Å²) in [6.07, 6.45) is 0. The molecular formula is C12H16N4. The second kappa shape index (κ2) is 3.96. The van der Waals surface area contributed by atoms with Gasteiger partial charge in [0, 0.05) is 5.69 Å². The normalized spacial score (nSPS) is 12.7. The number of nitrogens with zero attached hydrogens (tertiary/aromatic N) is 3. The van der Waals surface area contributed by atoms with Gasteiger partial charge >= 0.3 is 0 Å². The third kappa shape index (κ3) is 1.91. The second-order valence-corrected chi connectivity index (χ2v) is 4.00. The van der Waals surface area contributed by atoms with E-state index < -0.39 is 0 Å². The molecule has 1 heterocycles. The lowest BCUT2D eigenvalue weighted by molar-refractivity contribution is 0.544. The van der Waals surface area contributed by atoms with Crippen LogP contribution in [0.25, 0.3) is 0 Å². The molecule has 0 spiro atoms. The van der Waals surface area contributed by atoms with Crippen molar-refractivity contribution < 1.29 is 0 Å². The standard InChI is InChI=1S/C12H16N4/c1-8(11-5-4-6-12(13)7-11)16-10(3)14-9(2)15-16/h4-8H,13H2,1-3H3. The summed E-state index contributed by atoms with van der Waals surface area (Å²) < 4.78 is 1.92. The Morgan fingerprint density at radius 3 is 2.62 bits per heavy atom. The first kappa shape index (κ1) is 10.7. The highest BCUT2D eigenvalue weighted by Crippen LogP contribution is 2.20. The molecule has 2 aromatic rings. The monoisotopic (exact) mass is 216 g/mol. The van der Waals surface area contributed by atoms with E-state index in [4.69, 9.17) is 5.73 Å². The number of hydrogen-bond donors (Lipinski definition) is 1. The number of aromatic nitrogens is 3. The van der Waals surface area contributed by atoms with Crippen LogP contribution >= 0.6 is 0 Å². The van der Waals surface area contributed by atoms with Crippen LogP contribution in [0.2, 0.25) is 0 Å². The minimum absolute atomic E-state index is 0.157. The van der Waals surface area contributed by atoms with Gasteiger partial charge in [0.1, 0.15) is 11.6 Å². The maximum absolute atomic E-state index is 5.77. The van der Waals surface area contributed by atoms with E-state index in [1.165, 1.54) is 0 Å². The van der Waals surface area contributed by atoms with Gasteiger partial charge in [0.25, 0.3) is 0 Å². The zero-order chi connectivity index (χ0) is 11.7. The van der Waals surface area contributed by atoms with Crippen LogP contribution in [0.3, 0.4) is 0 Å². The van der Waals surface area contributed by atoms with E-state index >= 15 is 0 Å². The first-order valence-corrected chi connectivity index (χ1v) is 5.33. The Kier molecular flexibility index (Phi) is 2.64. The molecule has 2 N–H and O–H groups in total. The topological polar surface area (TPSA) is 56.7 Å². The number of benzene rings is 1. The average Bonchev–Trinajstić information content (AvgIpc) is 2.57. The molecule has 4 heteroatoms. The molecule has 1 aromatic carbocycles. The van der Waals surface area contributed by atoms with Gasteiger partial charge in [-0.1, -0.05) is 12.1 Å². The molecule has 16 heavy (non-hydrogen) atoms. The molecule has 84 valence electrons. The van der Waals surface area contributed by atoms with E-state index in [0.29, 0.717) is 0 Å². The Morgan fingerprint density at radius 1 is 1.31 bits per heavy atom. The van der Waals surface area contributed by atoms with Crippen LogP contribution in [0.15, 0.2) is 24.3 Å². The third-order valence-corrected chi connectivity index (χ3v) is 2.67. The van der Waals surface area contributed by atoms with Gasteiger partial charge in [-0.2, -0.15) is 5.10 Å².